The Labute approximate surface area is 106 Å². The first-order valence-corrected chi connectivity index (χ1v) is 7.17. The molecule has 0 aromatic heterocycles. The van der Waals surface area contributed by atoms with Crippen molar-refractivity contribution in [2.45, 2.75) is 45.2 Å². The molecule has 2 rings (SSSR count). The van der Waals surface area contributed by atoms with Gasteiger partial charge in [0, 0.05) is 25.7 Å². The molecule has 0 spiro atoms. The summed E-state index contributed by atoms with van der Waals surface area (Å²) in [4.78, 5) is 2.71. The lowest BCUT2D eigenvalue weighted by Gasteiger charge is -2.43. The monoisotopic (exact) mass is 240 g/mol. The summed E-state index contributed by atoms with van der Waals surface area (Å²) in [6, 6.07) is 1.47. The summed E-state index contributed by atoms with van der Waals surface area (Å²) in [5.41, 5.74) is 0. The Morgan fingerprint density at radius 1 is 1.29 bits per heavy atom. The molecule has 1 aliphatic carbocycles. The summed E-state index contributed by atoms with van der Waals surface area (Å²) >= 11 is 0. The fraction of sp³-hybridized carbons (Fsp3) is 1.00. The summed E-state index contributed by atoms with van der Waals surface area (Å²) in [6.45, 7) is 9.16. The van der Waals surface area contributed by atoms with Crippen molar-refractivity contribution in [2.24, 2.45) is 11.8 Å². The van der Waals surface area contributed by atoms with Crippen LogP contribution in [0.15, 0.2) is 0 Å². The van der Waals surface area contributed by atoms with Crippen LogP contribution in [0.4, 0.5) is 0 Å². The number of ether oxygens (including phenoxy) is 1. The SMILES string of the molecule is COCC1CCN(C2CCC2CNC(C)C)C1. The molecule has 1 saturated heterocycles. The molecular formula is C14H28N2O. The number of methoxy groups -OCH3 is 1. The molecular weight excluding hydrogens is 212 g/mol. The van der Waals surface area contributed by atoms with Gasteiger partial charge in [0.25, 0.3) is 0 Å². The number of likely N-dealkylation sites (tertiary alicyclic amines) is 1. The summed E-state index contributed by atoms with van der Waals surface area (Å²) in [7, 11) is 1.82. The minimum Gasteiger partial charge on any atom is -0.384 e. The molecule has 0 aromatic carbocycles. The summed E-state index contributed by atoms with van der Waals surface area (Å²) in [5, 5.41) is 3.59. The lowest BCUT2D eigenvalue weighted by Crippen LogP contribution is -2.50. The van der Waals surface area contributed by atoms with Crippen LogP contribution >= 0.6 is 0 Å². The molecule has 2 fully saturated rings. The van der Waals surface area contributed by atoms with Crippen LogP contribution in [0, 0.1) is 11.8 Å². The first-order valence-electron chi connectivity index (χ1n) is 7.17. The van der Waals surface area contributed by atoms with Crippen LogP contribution in [0.3, 0.4) is 0 Å². The van der Waals surface area contributed by atoms with Crippen LogP contribution in [0.5, 0.6) is 0 Å². The zero-order chi connectivity index (χ0) is 12.3. The van der Waals surface area contributed by atoms with E-state index in [1.165, 1.54) is 38.9 Å². The van der Waals surface area contributed by atoms with Gasteiger partial charge < -0.3 is 10.1 Å². The number of nitrogens with zero attached hydrogens (tertiary/aromatic N) is 1. The van der Waals surface area contributed by atoms with Crippen LogP contribution in [0.2, 0.25) is 0 Å². The van der Waals surface area contributed by atoms with Crippen molar-refractivity contribution in [1.82, 2.24) is 10.2 Å². The lowest BCUT2D eigenvalue weighted by molar-refractivity contribution is 0.0714. The minimum absolute atomic E-state index is 0.621. The van der Waals surface area contributed by atoms with Crippen molar-refractivity contribution >= 4 is 0 Å². The molecule has 2 aliphatic rings. The predicted octanol–water partition coefficient (Wildman–Crippen LogP) is 1.73. The third-order valence-electron chi connectivity index (χ3n) is 4.35. The molecule has 1 saturated carbocycles. The second-order valence-corrected chi connectivity index (χ2v) is 6.07. The largest absolute Gasteiger partial charge is 0.384 e. The predicted molar refractivity (Wildman–Crippen MR) is 71.2 cm³/mol. The zero-order valence-electron chi connectivity index (χ0n) is 11.6. The van der Waals surface area contributed by atoms with Crippen LogP contribution in [0.25, 0.3) is 0 Å². The van der Waals surface area contributed by atoms with Gasteiger partial charge >= 0.3 is 0 Å². The van der Waals surface area contributed by atoms with Gasteiger partial charge in [0.05, 0.1) is 6.61 Å². The van der Waals surface area contributed by atoms with Crippen LogP contribution < -0.4 is 5.32 Å². The van der Waals surface area contributed by atoms with Gasteiger partial charge in [-0.2, -0.15) is 0 Å². The van der Waals surface area contributed by atoms with Crippen molar-refractivity contribution in [3.63, 3.8) is 0 Å². The second-order valence-electron chi connectivity index (χ2n) is 6.07. The Bertz CT molecular complexity index is 232. The highest BCUT2D eigenvalue weighted by Crippen LogP contribution is 2.34. The van der Waals surface area contributed by atoms with Crippen molar-refractivity contribution in [3.8, 4) is 0 Å². The van der Waals surface area contributed by atoms with E-state index in [0.29, 0.717) is 6.04 Å². The molecule has 1 heterocycles. The molecule has 17 heavy (non-hydrogen) atoms. The molecule has 3 atom stereocenters. The van der Waals surface area contributed by atoms with Gasteiger partial charge in [0.1, 0.15) is 0 Å². The van der Waals surface area contributed by atoms with E-state index in [4.69, 9.17) is 4.74 Å². The first kappa shape index (κ1) is 13.3. The topological polar surface area (TPSA) is 24.5 Å². The quantitative estimate of drug-likeness (QED) is 0.765. The Kier molecular flexibility index (Phi) is 4.83. The Balaban J connectivity index is 1.72. The van der Waals surface area contributed by atoms with E-state index < -0.39 is 0 Å². The van der Waals surface area contributed by atoms with Crippen LogP contribution in [-0.2, 0) is 4.74 Å². The van der Waals surface area contributed by atoms with E-state index in [0.717, 1.165) is 24.5 Å². The molecule has 3 unspecified atom stereocenters. The third kappa shape index (κ3) is 3.43. The van der Waals surface area contributed by atoms with Gasteiger partial charge in [-0.3, -0.25) is 4.90 Å². The number of hydrogen-bond donors (Lipinski definition) is 1. The maximum Gasteiger partial charge on any atom is 0.0503 e. The fourth-order valence-corrected chi connectivity index (χ4v) is 3.19. The van der Waals surface area contributed by atoms with E-state index in [9.17, 15) is 0 Å². The van der Waals surface area contributed by atoms with Gasteiger partial charge in [-0.15, -0.1) is 0 Å². The summed E-state index contributed by atoms with van der Waals surface area (Å²) in [5.74, 6) is 1.66. The molecule has 0 radical (unpaired) electrons. The van der Waals surface area contributed by atoms with E-state index in [2.05, 4.69) is 24.1 Å². The first-order chi connectivity index (χ1) is 8.20. The third-order valence-corrected chi connectivity index (χ3v) is 4.35. The van der Waals surface area contributed by atoms with Crippen LogP contribution in [0.1, 0.15) is 33.1 Å². The fourth-order valence-electron chi connectivity index (χ4n) is 3.19. The molecule has 3 heteroatoms. The zero-order valence-corrected chi connectivity index (χ0v) is 11.6. The van der Waals surface area contributed by atoms with Gasteiger partial charge in [-0.05, 0) is 44.2 Å². The highest BCUT2D eigenvalue weighted by molar-refractivity contribution is 4.93. The number of hydrogen-bond acceptors (Lipinski definition) is 3. The lowest BCUT2D eigenvalue weighted by atomic mass is 9.78. The van der Waals surface area contributed by atoms with Gasteiger partial charge in [-0.25, -0.2) is 0 Å². The van der Waals surface area contributed by atoms with Crippen molar-refractivity contribution in [2.75, 3.05) is 33.4 Å². The standard InChI is InChI=1S/C14H28N2O/c1-11(2)15-8-13-4-5-14(13)16-7-6-12(9-16)10-17-3/h11-15H,4-10H2,1-3H3. The average molecular weight is 240 g/mol. The van der Waals surface area contributed by atoms with Crippen molar-refractivity contribution < 1.29 is 4.74 Å². The van der Waals surface area contributed by atoms with E-state index in [-0.39, 0.29) is 0 Å². The Morgan fingerprint density at radius 2 is 2.12 bits per heavy atom. The minimum atomic E-state index is 0.621. The second kappa shape index (κ2) is 6.17. The Hall–Kier alpha value is -0.120. The maximum atomic E-state index is 5.27. The average Bonchev–Trinajstić information content (AvgIpc) is 2.65. The van der Waals surface area contributed by atoms with E-state index >= 15 is 0 Å². The molecule has 3 nitrogen and oxygen atoms in total. The molecule has 0 amide bonds. The number of nitrogens with one attached hydrogen (secondary N) is 1. The van der Waals surface area contributed by atoms with Gasteiger partial charge in [0.15, 0.2) is 0 Å². The Morgan fingerprint density at radius 3 is 2.71 bits per heavy atom. The van der Waals surface area contributed by atoms with E-state index in [1.54, 1.807) is 0 Å². The summed E-state index contributed by atoms with van der Waals surface area (Å²) < 4.78 is 5.27. The van der Waals surface area contributed by atoms with Crippen molar-refractivity contribution in [1.29, 1.82) is 0 Å². The van der Waals surface area contributed by atoms with Gasteiger partial charge in [-0.1, -0.05) is 13.8 Å². The van der Waals surface area contributed by atoms with E-state index in [1.807, 2.05) is 7.11 Å². The van der Waals surface area contributed by atoms with Crippen LogP contribution in [-0.4, -0.2) is 50.3 Å². The summed E-state index contributed by atoms with van der Waals surface area (Å²) in [6.07, 6.45) is 4.15. The van der Waals surface area contributed by atoms with Crippen molar-refractivity contribution in [3.05, 3.63) is 0 Å². The molecule has 0 bridgehead atoms. The molecule has 100 valence electrons. The maximum absolute atomic E-state index is 5.27. The smallest absolute Gasteiger partial charge is 0.0503 e. The molecule has 1 N–H and O–H groups in total. The highest BCUT2D eigenvalue weighted by atomic mass is 16.5. The number of rotatable bonds is 6. The normalized spacial score (nSPS) is 34.2. The van der Waals surface area contributed by atoms with Gasteiger partial charge in [0.2, 0.25) is 0 Å². The highest BCUT2D eigenvalue weighted by Gasteiger charge is 2.38. The molecule has 0 aromatic rings. The molecule has 1 aliphatic heterocycles.